The van der Waals surface area contributed by atoms with Gasteiger partial charge in [-0.3, -0.25) is 0 Å². The second kappa shape index (κ2) is 11.3. The summed E-state index contributed by atoms with van der Waals surface area (Å²) in [5.74, 6) is 1.51. The molecule has 3 N–H and O–H groups in total. The van der Waals surface area contributed by atoms with Crippen molar-refractivity contribution in [1.29, 1.82) is 0 Å². The molecule has 1 aromatic heterocycles. The minimum Gasteiger partial charge on any atom is -0.493 e. The molecule has 4 rings (SSSR count). The van der Waals surface area contributed by atoms with Gasteiger partial charge in [0.25, 0.3) is 0 Å². The molecule has 0 aliphatic heterocycles. The van der Waals surface area contributed by atoms with Gasteiger partial charge >= 0.3 is 0 Å². The molecule has 0 saturated heterocycles. The summed E-state index contributed by atoms with van der Waals surface area (Å²) in [6.07, 6.45) is 1.19. The van der Waals surface area contributed by atoms with Crippen LogP contribution in [0.15, 0.2) is 76.5 Å². The first-order valence-electron chi connectivity index (χ1n) is 11.7. The molecule has 0 aliphatic carbocycles. The van der Waals surface area contributed by atoms with Crippen LogP contribution in [0.3, 0.4) is 0 Å². The molecule has 200 valence electrons. The molecule has 10 nitrogen and oxygen atoms in total. The van der Waals surface area contributed by atoms with Gasteiger partial charge in [0.2, 0.25) is 9.84 Å². The van der Waals surface area contributed by atoms with E-state index in [4.69, 9.17) is 15.2 Å². The average Bonchev–Trinajstić information content (AvgIpc) is 2.90. The van der Waals surface area contributed by atoms with Crippen LogP contribution in [0, 0.1) is 0 Å². The third-order valence-electron chi connectivity index (χ3n) is 5.67. The van der Waals surface area contributed by atoms with Crippen LogP contribution >= 0.6 is 0 Å². The number of fused-ring (bicyclic) bond motifs is 1. The van der Waals surface area contributed by atoms with Gasteiger partial charge in [-0.1, -0.05) is 18.2 Å². The Morgan fingerprint density at radius 1 is 0.868 bits per heavy atom. The molecule has 1 heterocycles. The fourth-order valence-corrected chi connectivity index (χ4v) is 5.49. The Kier molecular flexibility index (Phi) is 8.14. The highest BCUT2D eigenvalue weighted by atomic mass is 32.2. The van der Waals surface area contributed by atoms with Gasteiger partial charge in [-0.05, 0) is 42.5 Å². The molecule has 12 heteroatoms. The lowest BCUT2D eigenvalue weighted by Gasteiger charge is -2.13. The maximum atomic E-state index is 12.9. The number of hydrogen-bond acceptors (Lipinski definition) is 10. The zero-order valence-corrected chi connectivity index (χ0v) is 22.6. The first kappa shape index (κ1) is 27.3. The maximum Gasteiger partial charge on any atom is 0.206 e. The molecule has 3 aromatic carbocycles. The van der Waals surface area contributed by atoms with E-state index in [1.807, 2.05) is 0 Å². The lowest BCUT2D eigenvalue weighted by Crippen LogP contribution is -2.26. The third-order valence-corrected chi connectivity index (χ3v) is 8.40. The van der Waals surface area contributed by atoms with E-state index in [1.165, 1.54) is 25.5 Å². The van der Waals surface area contributed by atoms with E-state index in [2.05, 4.69) is 15.3 Å². The van der Waals surface area contributed by atoms with Crippen molar-refractivity contribution in [3.05, 3.63) is 66.7 Å². The minimum atomic E-state index is -3.65. The normalized spacial score (nSPS) is 11.9. The van der Waals surface area contributed by atoms with E-state index in [1.54, 1.807) is 54.6 Å². The van der Waals surface area contributed by atoms with Crippen LogP contribution in [0.1, 0.15) is 0 Å². The number of benzene rings is 3. The zero-order valence-electron chi connectivity index (χ0n) is 20.9. The molecule has 38 heavy (non-hydrogen) atoms. The molecule has 0 spiro atoms. The second-order valence-corrected chi connectivity index (χ2v) is 12.7. The third kappa shape index (κ3) is 6.39. The van der Waals surface area contributed by atoms with Crippen LogP contribution in [-0.4, -0.2) is 65.6 Å². The highest BCUT2D eigenvalue weighted by molar-refractivity contribution is 7.91. The molecule has 4 aromatic rings. The topological polar surface area (TPSA) is 151 Å². The number of nitrogens with one attached hydrogen (secondary N) is 1. The molecule has 0 amide bonds. The molecule has 0 atom stereocenters. The monoisotopic (exact) mass is 556 g/mol. The minimum absolute atomic E-state index is 0.0461. The Balaban J connectivity index is 1.56. The van der Waals surface area contributed by atoms with Crippen molar-refractivity contribution in [3.63, 3.8) is 0 Å². The van der Waals surface area contributed by atoms with E-state index < -0.39 is 19.7 Å². The number of aromatic nitrogens is 2. The van der Waals surface area contributed by atoms with Crippen LogP contribution in [0.5, 0.6) is 11.5 Å². The SMILES string of the molecule is COc1cc2c(N)nc(-c3ccc(S(=O)(=O)c4ccccc4)cc3)nc2cc1OCCNCCS(C)(=O)=O. The van der Waals surface area contributed by atoms with E-state index in [0.29, 0.717) is 46.9 Å². The summed E-state index contributed by atoms with van der Waals surface area (Å²) >= 11 is 0. The molecule has 0 radical (unpaired) electrons. The number of hydrogen-bond donors (Lipinski definition) is 2. The number of sulfone groups is 2. The van der Waals surface area contributed by atoms with Gasteiger partial charge in [0.05, 0.1) is 28.2 Å². The van der Waals surface area contributed by atoms with E-state index in [9.17, 15) is 16.8 Å². The molecule has 0 aliphatic rings. The number of methoxy groups -OCH3 is 1. The Hall–Kier alpha value is -3.74. The van der Waals surface area contributed by atoms with Gasteiger partial charge in [-0.15, -0.1) is 0 Å². The smallest absolute Gasteiger partial charge is 0.206 e. The molecule has 0 bridgehead atoms. The summed E-state index contributed by atoms with van der Waals surface area (Å²) in [5, 5.41) is 3.60. The van der Waals surface area contributed by atoms with Crippen molar-refractivity contribution in [2.24, 2.45) is 0 Å². The molecule has 0 saturated carbocycles. The number of nitrogens with two attached hydrogens (primary N) is 1. The lowest BCUT2D eigenvalue weighted by molar-refractivity contribution is 0.294. The number of nitrogens with zero attached hydrogens (tertiary/aromatic N) is 2. The van der Waals surface area contributed by atoms with Crippen molar-refractivity contribution in [2.45, 2.75) is 9.79 Å². The van der Waals surface area contributed by atoms with E-state index in [0.717, 1.165) is 0 Å². The summed E-state index contributed by atoms with van der Waals surface area (Å²) in [5.41, 5.74) is 7.35. The number of ether oxygens (including phenoxy) is 2. The Morgan fingerprint density at radius 2 is 1.55 bits per heavy atom. The quantitative estimate of drug-likeness (QED) is 0.264. The van der Waals surface area contributed by atoms with Gasteiger partial charge in [0.15, 0.2) is 17.3 Å². The Bertz CT molecular complexity index is 1640. The predicted octanol–water partition coefficient (Wildman–Crippen LogP) is 2.73. The van der Waals surface area contributed by atoms with Gasteiger partial charge in [-0.25, -0.2) is 26.8 Å². The van der Waals surface area contributed by atoms with Crippen LogP contribution in [0.4, 0.5) is 5.82 Å². The predicted molar refractivity (Wildman–Crippen MR) is 146 cm³/mol. The van der Waals surface area contributed by atoms with E-state index in [-0.39, 0.29) is 28.0 Å². The summed E-state index contributed by atoms with van der Waals surface area (Å²) in [7, 11) is -5.17. The summed E-state index contributed by atoms with van der Waals surface area (Å²) in [6.45, 7) is 1.04. The van der Waals surface area contributed by atoms with Crippen LogP contribution in [-0.2, 0) is 19.7 Å². The van der Waals surface area contributed by atoms with Gasteiger partial charge in [0.1, 0.15) is 22.3 Å². The summed E-state index contributed by atoms with van der Waals surface area (Å²) in [6, 6.07) is 17.9. The first-order chi connectivity index (χ1) is 18.1. The average molecular weight is 557 g/mol. The Labute approximate surface area is 221 Å². The molecular formula is C26H28N4O6S2. The van der Waals surface area contributed by atoms with Gasteiger partial charge in [0, 0.05) is 36.4 Å². The maximum absolute atomic E-state index is 12.9. The lowest BCUT2D eigenvalue weighted by atomic mass is 10.1. The van der Waals surface area contributed by atoms with E-state index >= 15 is 0 Å². The van der Waals surface area contributed by atoms with Crippen molar-refractivity contribution in [2.75, 3.05) is 44.5 Å². The number of anilines is 1. The van der Waals surface area contributed by atoms with Crippen LogP contribution < -0.4 is 20.5 Å². The summed E-state index contributed by atoms with van der Waals surface area (Å²) in [4.78, 5) is 9.40. The zero-order chi connectivity index (χ0) is 27.3. The largest absolute Gasteiger partial charge is 0.493 e. The standard InChI is InChI=1S/C26H28N4O6S2/c1-35-23-16-21-22(17-24(23)36-14-12-28-13-15-37(2,31)32)29-26(30-25(21)27)18-8-10-20(11-9-18)38(33,34)19-6-4-3-5-7-19/h3-11,16-17,28H,12-15H2,1-2H3,(H2,27,29,30). The fraction of sp³-hybridized carbons (Fsp3) is 0.231. The second-order valence-electron chi connectivity index (χ2n) is 8.52. The Morgan fingerprint density at radius 3 is 2.21 bits per heavy atom. The van der Waals surface area contributed by atoms with Crippen molar-refractivity contribution in [1.82, 2.24) is 15.3 Å². The fourth-order valence-electron chi connectivity index (χ4n) is 3.70. The highest BCUT2D eigenvalue weighted by Crippen LogP contribution is 2.35. The number of nitrogen functional groups attached to an aromatic ring is 1. The van der Waals surface area contributed by atoms with Crippen LogP contribution in [0.2, 0.25) is 0 Å². The first-order valence-corrected chi connectivity index (χ1v) is 15.2. The highest BCUT2D eigenvalue weighted by Gasteiger charge is 2.18. The van der Waals surface area contributed by atoms with Crippen molar-refractivity contribution in [3.8, 4) is 22.9 Å². The summed E-state index contributed by atoms with van der Waals surface area (Å²) < 4.78 is 59.5. The molecular weight excluding hydrogens is 528 g/mol. The molecule has 0 unspecified atom stereocenters. The molecule has 0 fully saturated rings. The van der Waals surface area contributed by atoms with Gasteiger partial charge < -0.3 is 20.5 Å². The van der Waals surface area contributed by atoms with Crippen LogP contribution in [0.25, 0.3) is 22.3 Å². The van der Waals surface area contributed by atoms with Crippen molar-refractivity contribution < 1.29 is 26.3 Å². The number of rotatable bonds is 11. The van der Waals surface area contributed by atoms with Crippen molar-refractivity contribution >= 4 is 36.4 Å². The van der Waals surface area contributed by atoms with Gasteiger partial charge in [-0.2, -0.15) is 0 Å².